The highest BCUT2D eigenvalue weighted by atomic mass is 16.5. The maximum atomic E-state index is 11.2. The van der Waals surface area contributed by atoms with Gasteiger partial charge in [-0.05, 0) is 12.0 Å². The van der Waals surface area contributed by atoms with Crippen LogP contribution in [-0.2, 0) is 16.0 Å². The maximum Gasteiger partial charge on any atom is 0.309 e. The van der Waals surface area contributed by atoms with Gasteiger partial charge in [-0.1, -0.05) is 37.3 Å². The van der Waals surface area contributed by atoms with Gasteiger partial charge in [-0.25, -0.2) is 0 Å². The Kier molecular flexibility index (Phi) is 4.31. The van der Waals surface area contributed by atoms with E-state index in [2.05, 4.69) is 4.74 Å². The Balaban J connectivity index is 2.56. The first-order chi connectivity index (χ1) is 7.15. The lowest BCUT2D eigenvalue weighted by atomic mass is 9.96. The molecule has 3 heteroatoms. The molecule has 0 fully saturated rings. The molecule has 0 spiro atoms. The van der Waals surface area contributed by atoms with Gasteiger partial charge in [0.1, 0.15) is 0 Å². The molecule has 2 N–H and O–H groups in total. The molecule has 0 aliphatic rings. The van der Waals surface area contributed by atoms with Crippen molar-refractivity contribution in [2.75, 3.05) is 7.11 Å². The van der Waals surface area contributed by atoms with Crippen molar-refractivity contribution in [1.82, 2.24) is 0 Å². The van der Waals surface area contributed by atoms with E-state index in [0.29, 0.717) is 6.42 Å². The molecule has 0 saturated carbocycles. The zero-order valence-corrected chi connectivity index (χ0v) is 9.14. The fourth-order valence-electron chi connectivity index (χ4n) is 1.42. The van der Waals surface area contributed by atoms with Crippen molar-refractivity contribution in [1.29, 1.82) is 0 Å². The van der Waals surface area contributed by atoms with Crippen LogP contribution < -0.4 is 5.73 Å². The SMILES string of the molecule is COC(=O)[C@@H](C)[C@@H](N)Cc1ccccc1. The summed E-state index contributed by atoms with van der Waals surface area (Å²) < 4.78 is 4.65. The second-order valence-electron chi connectivity index (χ2n) is 3.67. The molecule has 82 valence electrons. The van der Waals surface area contributed by atoms with Gasteiger partial charge in [0.05, 0.1) is 13.0 Å². The van der Waals surface area contributed by atoms with E-state index < -0.39 is 0 Å². The van der Waals surface area contributed by atoms with Crippen LogP contribution in [0.5, 0.6) is 0 Å². The Morgan fingerprint density at radius 1 is 1.40 bits per heavy atom. The first kappa shape index (κ1) is 11.7. The predicted molar refractivity (Wildman–Crippen MR) is 59.3 cm³/mol. The normalized spacial score (nSPS) is 14.3. The molecule has 0 amide bonds. The minimum absolute atomic E-state index is 0.195. The van der Waals surface area contributed by atoms with E-state index in [4.69, 9.17) is 5.73 Å². The van der Waals surface area contributed by atoms with E-state index in [0.717, 1.165) is 5.56 Å². The number of rotatable bonds is 4. The third kappa shape index (κ3) is 3.36. The van der Waals surface area contributed by atoms with Gasteiger partial charge in [-0.3, -0.25) is 4.79 Å². The number of hydrogen-bond acceptors (Lipinski definition) is 3. The molecular formula is C12H17NO2. The molecule has 1 aromatic rings. The van der Waals surface area contributed by atoms with Crippen molar-refractivity contribution < 1.29 is 9.53 Å². The molecule has 0 bridgehead atoms. The van der Waals surface area contributed by atoms with Crippen molar-refractivity contribution in [3.05, 3.63) is 35.9 Å². The van der Waals surface area contributed by atoms with Gasteiger partial charge in [-0.2, -0.15) is 0 Å². The number of nitrogens with two attached hydrogens (primary N) is 1. The van der Waals surface area contributed by atoms with Crippen LogP contribution in [0.4, 0.5) is 0 Å². The van der Waals surface area contributed by atoms with Gasteiger partial charge in [-0.15, -0.1) is 0 Å². The number of carbonyl (C=O) groups excluding carboxylic acids is 1. The van der Waals surface area contributed by atoms with Crippen LogP contribution in [0.15, 0.2) is 30.3 Å². The molecule has 1 rings (SSSR count). The third-order valence-corrected chi connectivity index (χ3v) is 2.53. The summed E-state index contributed by atoms with van der Waals surface area (Å²) in [5.41, 5.74) is 7.06. The highest BCUT2D eigenvalue weighted by Gasteiger charge is 2.21. The van der Waals surface area contributed by atoms with Crippen molar-refractivity contribution in [3.63, 3.8) is 0 Å². The average Bonchev–Trinajstić information content (AvgIpc) is 2.28. The largest absolute Gasteiger partial charge is 0.469 e. The second kappa shape index (κ2) is 5.51. The van der Waals surface area contributed by atoms with Crippen LogP contribution in [0.25, 0.3) is 0 Å². The van der Waals surface area contributed by atoms with Crippen molar-refractivity contribution in [2.45, 2.75) is 19.4 Å². The van der Waals surface area contributed by atoms with Crippen LogP contribution in [-0.4, -0.2) is 19.1 Å². The van der Waals surface area contributed by atoms with Gasteiger partial charge < -0.3 is 10.5 Å². The number of ether oxygens (including phenoxy) is 1. The summed E-state index contributed by atoms with van der Waals surface area (Å²) >= 11 is 0. The van der Waals surface area contributed by atoms with E-state index >= 15 is 0 Å². The molecule has 0 aromatic heterocycles. The minimum atomic E-state index is -0.268. The van der Waals surface area contributed by atoms with Crippen LogP contribution in [0, 0.1) is 5.92 Å². The van der Waals surface area contributed by atoms with Crippen molar-refractivity contribution in [2.24, 2.45) is 11.7 Å². The minimum Gasteiger partial charge on any atom is -0.469 e. The summed E-state index contributed by atoms with van der Waals surface area (Å²) in [6, 6.07) is 9.70. The molecule has 0 heterocycles. The Hall–Kier alpha value is -1.35. The number of hydrogen-bond donors (Lipinski definition) is 1. The Labute approximate surface area is 90.2 Å². The molecular weight excluding hydrogens is 190 g/mol. The zero-order chi connectivity index (χ0) is 11.3. The molecule has 0 radical (unpaired) electrons. The summed E-state index contributed by atoms with van der Waals surface area (Å²) in [5.74, 6) is -0.520. The molecule has 15 heavy (non-hydrogen) atoms. The van der Waals surface area contributed by atoms with Gasteiger partial charge in [0.15, 0.2) is 0 Å². The van der Waals surface area contributed by atoms with Gasteiger partial charge >= 0.3 is 5.97 Å². The number of carbonyl (C=O) groups is 1. The number of methoxy groups -OCH3 is 1. The van der Waals surface area contributed by atoms with E-state index in [1.165, 1.54) is 7.11 Å². The first-order valence-electron chi connectivity index (χ1n) is 5.02. The molecule has 1 aromatic carbocycles. The van der Waals surface area contributed by atoms with Crippen LogP contribution in [0.1, 0.15) is 12.5 Å². The standard InChI is InChI=1S/C12H17NO2/c1-9(12(14)15-2)11(13)8-10-6-4-3-5-7-10/h3-7,9,11H,8,13H2,1-2H3/t9-,11-/m0/s1. The third-order valence-electron chi connectivity index (χ3n) is 2.53. The van der Waals surface area contributed by atoms with Crippen LogP contribution >= 0.6 is 0 Å². The Morgan fingerprint density at radius 2 is 2.00 bits per heavy atom. The van der Waals surface area contributed by atoms with Crippen LogP contribution in [0.2, 0.25) is 0 Å². The lowest BCUT2D eigenvalue weighted by molar-refractivity contribution is -0.145. The molecule has 3 nitrogen and oxygen atoms in total. The van der Waals surface area contributed by atoms with E-state index in [-0.39, 0.29) is 17.9 Å². The maximum absolute atomic E-state index is 11.2. The summed E-state index contributed by atoms with van der Waals surface area (Å²) in [7, 11) is 1.38. The zero-order valence-electron chi connectivity index (χ0n) is 9.14. The highest BCUT2D eigenvalue weighted by Crippen LogP contribution is 2.09. The Morgan fingerprint density at radius 3 is 2.53 bits per heavy atom. The van der Waals surface area contributed by atoms with E-state index in [9.17, 15) is 4.79 Å². The summed E-state index contributed by atoms with van der Waals surface area (Å²) in [5, 5.41) is 0. The fraction of sp³-hybridized carbons (Fsp3) is 0.417. The topological polar surface area (TPSA) is 52.3 Å². The Bertz CT molecular complexity index is 311. The summed E-state index contributed by atoms with van der Waals surface area (Å²) in [6.07, 6.45) is 0.692. The molecule has 0 saturated heterocycles. The summed E-state index contributed by atoms with van der Waals surface area (Å²) in [6.45, 7) is 1.79. The number of esters is 1. The van der Waals surface area contributed by atoms with Crippen molar-refractivity contribution in [3.8, 4) is 0 Å². The van der Waals surface area contributed by atoms with E-state index in [1.54, 1.807) is 6.92 Å². The molecule has 0 aliphatic carbocycles. The van der Waals surface area contributed by atoms with Crippen LogP contribution in [0.3, 0.4) is 0 Å². The number of benzene rings is 1. The quantitative estimate of drug-likeness (QED) is 0.758. The monoisotopic (exact) mass is 207 g/mol. The smallest absolute Gasteiger partial charge is 0.309 e. The molecule has 2 atom stereocenters. The fourth-order valence-corrected chi connectivity index (χ4v) is 1.42. The van der Waals surface area contributed by atoms with Gasteiger partial charge in [0, 0.05) is 6.04 Å². The van der Waals surface area contributed by atoms with E-state index in [1.807, 2.05) is 30.3 Å². The molecule has 0 aliphatic heterocycles. The molecule has 0 unspecified atom stereocenters. The lowest BCUT2D eigenvalue weighted by Gasteiger charge is -2.17. The first-order valence-corrected chi connectivity index (χ1v) is 5.02. The van der Waals surface area contributed by atoms with Gasteiger partial charge in [0.2, 0.25) is 0 Å². The summed E-state index contributed by atoms with van der Waals surface area (Å²) in [4.78, 5) is 11.2. The van der Waals surface area contributed by atoms with Crippen molar-refractivity contribution >= 4 is 5.97 Å². The lowest BCUT2D eigenvalue weighted by Crippen LogP contribution is -2.36. The van der Waals surface area contributed by atoms with Gasteiger partial charge in [0.25, 0.3) is 0 Å². The highest BCUT2D eigenvalue weighted by molar-refractivity contribution is 5.72. The predicted octanol–water partition coefficient (Wildman–Crippen LogP) is 1.37. The average molecular weight is 207 g/mol. The second-order valence-corrected chi connectivity index (χ2v) is 3.67.